The van der Waals surface area contributed by atoms with Crippen LogP contribution in [0.25, 0.3) is 0 Å². The number of anilines is 1. The van der Waals surface area contributed by atoms with Crippen LogP contribution in [0.1, 0.15) is 15.9 Å². The normalized spacial score (nSPS) is 17.5. The van der Waals surface area contributed by atoms with Crippen molar-refractivity contribution in [2.45, 2.75) is 16.2 Å². The first-order valence-corrected chi connectivity index (χ1v) is 13.1. The van der Waals surface area contributed by atoms with Crippen molar-refractivity contribution in [1.29, 1.82) is 0 Å². The molecule has 172 valence electrons. The average Bonchev–Trinajstić information content (AvgIpc) is 3.22. The van der Waals surface area contributed by atoms with E-state index in [2.05, 4.69) is 0 Å². The van der Waals surface area contributed by atoms with Crippen LogP contribution in [-0.4, -0.2) is 78.3 Å². The van der Waals surface area contributed by atoms with Gasteiger partial charge in [-0.3, -0.25) is 4.79 Å². The number of carbonyl (C=O) groups is 1. The highest BCUT2D eigenvalue weighted by Crippen LogP contribution is 2.32. The number of amides is 1. The molecule has 0 bridgehead atoms. The summed E-state index contributed by atoms with van der Waals surface area (Å²) in [5, 5.41) is 0. The molecule has 32 heavy (non-hydrogen) atoms. The second kappa shape index (κ2) is 8.56. The molecule has 4 rings (SSSR count). The van der Waals surface area contributed by atoms with E-state index in [0.29, 0.717) is 50.5 Å². The fourth-order valence-electron chi connectivity index (χ4n) is 3.82. The topological polar surface area (TPSA) is 104 Å². The quantitative estimate of drug-likeness (QED) is 0.638. The molecule has 1 fully saturated rings. The van der Waals surface area contributed by atoms with E-state index in [-0.39, 0.29) is 15.7 Å². The summed E-state index contributed by atoms with van der Waals surface area (Å²) >= 11 is 0. The average molecular weight is 480 g/mol. The third-order valence-electron chi connectivity index (χ3n) is 5.68. The van der Waals surface area contributed by atoms with Crippen LogP contribution in [0.5, 0.6) is 0 Å². The van der Waals surface area contributed by atoms with Crippen molar-refractivity contribution >= 4 is 31.6 Å². The SMILES string of the molecule is CN(C)S(=O)(=O)c1ccc2c(c1)CCN2C(=O)c1ccc(S(=O)(=O)N2CCOCC2)cc1. The highest BCUT2D eigenvalue weighted by atomic mass is 32.2. The lowest BCUT2D eigenvalue weighted by atomic mass is 10.1. The second-order valence-electron chi connectivity index (χ2n) is 7.83. The van der Waals surface area contributed by atoms with Crippen molar-refractivity contribution in [3.05, 3.63) is 53.6 Å². The van der Waals surface area contributed by atoms with Gasteiger partial charge in [0.1, 0.15) is 0 Å². The number of rotatable bonds is 5. The molecule has 2 aliphatic heterocycles. The molecule has 0 unspecified atom stereocenters. The Morgan fingerprint density at radius 1 is 0.906 bits per heavy atom. The summed E-state index contributed by atoms with van der Waals surface area (Å²) in [6, 6.07) is 10.7. The van der Waals surface area contributed by atoms with Gasteiger partial charge in [-0.05, 0) is 54.4 Å². The monoisotopic (exact) mass is 479 g/mol. The number of hydrogen-bond acceptors (Lipinski definition) is 6. The number of sulfonamides is 2. The van der Waals surface area contributed by atoms with Crippen LogP contribution in [0, 0.1) is 0 Å². The molecule has 2 aromatic rings. The van der Waals surface area contributed by atoms with Crippen molar-refractivity contribution in [3.8, 4) is 0 Å². The van der Waals surface area contributed by atoms with Crippen molar-refractivity contribution < 1.29 is 26.4 Å². The Balaban J connectivity index is 1.55. The summed E-state index contributed by atoms with van der Waals surface area (Å²) in [7, 11) is -4.24. The molecule has 2 aliphatic rings. The van der Waals surface area contributed by atoms with Crippen LogP contribution in [-0.2, 0) is 31.2 Å². The van der Waals surface area contributed by atoms with E-state index in [1.165, 1.54) is 48.7 Å². The number of nitrogens with zero attached hydrogens (tertiary/aromatic N) is 3. The molecule has 0 radical (unpaired) electrons. The zero-order valence-electron chi connectivity index (χ0n) is 17.9. The second-order valence-corrected chi connectivity index (χ2v) is 11.9. The van der Waals surface area contributed by atoms with Crippen molar-refractivity contribution in [3.63, 3.8) is 0 Å². The van der Waals surface area contributed by atoms with Crippen molar-refractivity contribution in [1.82, 2.24) is 8.61 Å². The first-order chi connectivity index (χ1) is 15.1. The minimum atomic E-state index is -3.63. The molecule has 0 aromatic heterocycles. The van der Waals surface area contributed by atoms with Gasteiger partial charge >= 0.3 is 0 Å². The van der Waals surface area contributed by atoms with Crippen LogP contribution in [0.4, 0.5) is 5.69 Å². The maximum atomic E-state index is 13.1. The van der Waals surface area contributed by atoms with Crippen LogP contribution < -0.4 is 4.90 Å². The Hall–Kier alpha value is -2.31. The summed E-state index contributed by atoms with van der Waals surface area (Å²) in [5.41, 5.74) is 1.81. The third kappa shape index (κ3) is 4.06. The summed E-state index contributed by atoms with van der Waals surface area (Å²) in [6.45, 7) is 1.76. The molecule has 0 atom stereocenters. The Kier molecular flexibility index (Phi) is 6.12. The standard InChI is InChI=1S/C21H25N3O6S2/c1-22(2)31(26,27)19-7-8-20-17(15-19)9-10-24(20)21(25)16-3-5-18(6-4-16)32(28,29)23-11-13-30-14-12-23/h3-8,15H,9-14H2,1-2H3. The molecular formula is C21H25N3O6S2. The molecule has 1 saturated heterocycles. The van der Waals surface area contributed by atoms with Gasteiger partial charge in [0.25, 0.3) is 5.91 Å². The largest absolute Gasteiger partial charge is 0.379 e. The van der Waals surface area contributed by atoms with E-state index < -0.39 is 20.0 Å². The van der Waals surface area contributed by atoms with Gasteiger partial charge in [0.15, 0.2) is 0 Å². The molecule has 2 aromatic carbocycles. The third-order valence-corrected chi connectivity index (χ3v) is 9.40. The Morgan fingerprint density at radius 2 is 1.53 bits per heavy atom. The van der Waals surface area contributed by atoms with Gasteiger partial charge in [0, 0.05) is 45.0 Å². The number of morpholine rings is 1. The molecule has 0 N–H and O–H groups in total. The van der Waals surface area contributed by atoms with Gasteiger partial charge < -0.3 is 9.64 Å². The minimum absolute atomic E-state index is 0.135. The highest BCUT2D eigenvalue weighted by molar-refractivity contribution is 7.89. The van der Waals surface area contributed by atoms with Crippen LogP contribution in [0.15, 0.2) is 52.3 Å². The predicted octanol–water partition coefficient (Wildman–Crippen LogP) is 1.16. The number of hydrogen-bond donors (Lipinski definition) is 0. The number of fused-ring (bicyclic) bond motifs is 1. The summed E-state index contributed by atoms with van der Waals surface area (Å²) < 4.78 is 58.0. The molecule has 1 amide bonds. The number of carbonyl (C=O) groups excluding carboxylic acids is 1. The van der Waals surface area contributed by atoms with Crippen molar-refractivity contribution in [2.24, 2.45) is 0 Å². The van der Waals surface area contributed by atoms with Crippen LogP contribution >= 0.6 is 0 Å². The zero-order chi connectivity index (χ0) is 23.1. The summed E-state index contributed by atoms with van der Waals surface area (Å²) in [4.78, 5) is 15.0. The van der Waals surface area contributed by atoms with E-state index in [0.717, 1.165) is 9.87 Å². The first kappa shape index (κ1) is 22.9. The molecule has 0 aliphatic carbocycles. The fraction of sp³-hybridized carbons (Fsp3) is 0.381. The minimum Gasteiger partial charge on any atom is -0.379 e. The molecule has 0 saturated carbocycles. The fourth-order valence-corrected chi connectivity index (χ4v) is 6.18. The smallest absolute Gasteiger partial charge is 0.258 e. The molecular weight excluding hydrogens is 454 g/mol. The molecule has 2 heterocycles. The Morgan fingerprint density at radius 3 is 2.16 bits per heavy atom. The van der Waals surface area contributed by atoms with Crippen LogP contribution in [0.2, 0.25) is 0 Å². The zero-order valence-corrected chi connectivity index (χ0v) is 19.5. The van der Waals surface area contributed by atoms with E-state index in [4.69, 9.17) is 4.74 Å². The van der Waals surface area contributed by atoms with E-state index in [1.807, 2.05) is 0 Å². The predicted molar refractivity (Wildman–Crippen MR) is 119 cm³/mol. The highest BCUT2D eigenvalue weighted by Gasteiger charge is 2.29. The summed E-state index contributed by atoms with van der Waals surface area (Å²) in [6.07, 6.45) is 0.543. The van der Waals surface area contributed by atoms with Crippen molar-refractivity contribution in [2.75, 3.05) is 51.8 Å². The van der Waals surface area contributed by atoms with Gasteiger partial charge in [-0.25, -0.2) is 21.1 Å². The molecule has 9 nitrogen and oxygen atoms in total. The van der Waals surface area contributed by atoms with E-state index >= 15 is 0 Å². The van der Waals surface area contributed by atoms with Gasteiger partial charge in [-0.1, -0.05) is 0 Å². The molecule has 0 spiro atoms. The lowest BCUT2D eigenvalue weighted by Gasteiger charge is -2.26. The lowest BCUT2D eigenvalue weighted by Crippen LogP contribution is -2.40. The lowest BCUT2D eigenvalue weighted by molar-refractivity contribution is 0.0730. The van der Waals surface area contributed by atoms with Crippen LogP contribution in [0.3, 0.4) is 0 Å². The van der Waals surface area contributed by atoms with E-state index in [1.54, 1.807) is 17.0 Å². The number of ether oxygens (including phenoxy) is 1. The molecule has 11 heteroatoms. The van der Waals surface area contributed by atoms with Gasteiger partial charge in [-0.2, -0.15) is 4.31 Å². The van der Waals surface area contributed by atoms with Gasteiger partial charge in [-0.15, -0.1) is 0 Å². The van der Waals surface area contributed by atoms with Gasteiger partial charge in [0.2, 0.25) is 20.0 Å². The Bertz CT molecular complexity index is 1230. The Labute approximate surface area is 188 Å². The van der Waals surface area contributed by atoms with E-state index in [9.17, 15) is 21.6 Å². The maximum Gasteiger partial charge on any atom is 0.258 e. The maximum absolute atomic E-state index is 13.1. The summed E-state index contributed by atoms with van der Waals surface area (Å²) in [5.74, 6) is -0.262. The van der Waals surface area contributed by atoms with Gasteiger partial charge in [0.05, 0.1) is 23.0 Å². The number of benzene rings is 2. The first-order valence-electron chi connectivity index (χ1n) is 10.2.